The molecule has 0 fully saturated rings. The highest BCUT2D eigenvalue weighted by Crippen LogP contribution is 2.23. The van der Waals surface area contributed by atoms with Crippen molar-refractivity contribution in [1.82, 2.24) is 25.4 Å². The van der Waals surface area contributed by atoms with E-state index in [1.54, 1.807) is 0 Å². The minimum atomic E-state index is -0.985. The van der Waals surface area contributed by atoms with Crippen LogP contribution in [-0.4, -0.2) is 36.4 Å². The summed E-state index contributed by atoms with van der Waals surface area (Å²) in [7, 11) is 0. The van der Waals surface area contributed by atoms with Gasteiger partial charge in [0.25, 0.3) is 0 Å². The second kappa shape index (κ2) is 5.17. The molecule has 9 heteroatoms. The SMILES string of the molecule is Cc1noc(C)c1CSc1nnnn1CC(=O)O. The van der Waals surface area contributed by atoms with Gasteiger partial charge in [0.15, 0.2) is 0 Å². The van der Waals surface area contributed by atoms with Crippen molar-refractivity contribution < 1.29 is 14.4 Å². The lowest BCUT2D eigenvalue weighted by molar-refractivity contribution is -0.138. The highest BCUT2D eigenvalue weighted by Gasteiger charge is 2.14. The number of thioether (sulfide) groups is 1. The Morgan fingerprint density at radius 1 is 1.50 bits per heavy atom. The van der Waals surface area contributed by atoms with E-state index in [2.05, 4.69) is 20.7 Å². The smallest absolute Gasteiger partial charge is 0.325 e. The van der Waals surface area contributed by atoms with E-state index in [4.69, 9.17) is 9.63 Å². The molecule has 0 aromatic carbocycles. The number of aryl methyl sites for hydroxylation is 2. The minimum absolute atomic E-state index is 0.253. The Hall–Kier alpha value is -1.90. The lowest BCUT2D eigenvalue weighted by Crippen LogP contribution is -2.11. The van der Waals surface area contributed by atoms with E-state index in [1.165, 1.54) is 16.4 Å². The molecule has 0 aliphatic heterocycles. The molecule has 0 bridgehead atoms. The minimum Gasteiger partial charge on any atom is -0.480 e. The summed E-state index contributed by atoms with van der Waals surface area (Å²) >= 11 is 1.35. The molecule has 2 aromatic rings. The number of carboxylic acid groups (broad SMARTS) is 1. The molecule has 1 N–H and O–H groups in total. The molecule has 0 amide bonds. The molecular formula is C9H11N5O3S. The zero-order valence-corrected chi connectivity index (χ0v) is 10.6. The summed E-state index contributed by atoms with van der Waals surface area (Å²) in [4.78, 5) is 10.6. The first-order valence-electron chi connectivity index (χ1n) is 5.10. The van der Waals surface area contributed by atoms with Crippen molar-refractivity contribution >= 4 is 17.7 Å². The molecule has 2 aromatic heterocycles. The van der Waals surface area contributed by atoms with E-state index >= 15 is 0 Å². The molecule has 0 saturated heterocycles. The van der Waals surface area contributed by atoms with Crippen molar-refractivity contribution in [1.29, 1.82) is 0 Å². The Balaban J connectivity index is 2.07. The summed E-state index contributed by atoms with van der Waals surface area (Å²) in [5, 5.41) is 23.9. The number of hydrogen-bond acceptors (Lipinski definition) is 7. The molecule has 0 spiro atoms. The molecule has 0 saturated carbocycles. The molecule has 8 nitrogen and oxygen atoms in total. The van der Waals surface area contributed by atoms with Crippen LogP contribution in [0.25, 0.3) is 0 Å². The number of carboxylic acids is 1. The highest BCUT2D eigenvalue weighted by atomic mass is 32.2. The fourth-order valence-corrected chi connectivity index (χ4v) is 2.40. The van der Waals surface area contributed by atoms with E-state index in [0.29, 0.717) is 10.9 Å². The largest absolute Gasteiger partial charge is 0.480 e. The lowest BCUT2D eigenvalue weighted by Gasteiger charge is -2.01. The maximum Gasteiger partial charge on any atom is 0.325 e. The zero-order valence-electron chi connectivity index (χ0n) is 9.82. The first-order chi connectivity index (χ1) is 8.58. The summed E-state index contributed by atoms with van der Waals surface area (Å²) in [6, 6.07) is 0. The average Bonchev–Trinajstić information content (AvgIpc) is 2.85. The maximum absolute atomic E-state index is 10.6. The van der Waals surface area contributed by atoms with Gasteiger partial charge in [-0.1, -0.05) is 16.9 Å². The topological polar surface area (TPSA) is 107 Å². The van der Waals surface area contributed by atoms with Crippen molar-refractivity contribution in [3.63, 3.8) is 0 Å². The molecular weight excluding hydrogens is 258 g/mol. The van der Waals surface area contributed by atoms with Crippen molar-refractivity contribution in [2.24, 2.45) is 0 Å². The lowest BCUT2D eigenvalue weighted by atomic mass is 10.2. The summed E-state index contributed by atoms with van der Waals surface area (Å²) in [5.41, 5.74) is 1.79. The molecule has 2 rings (SSSR count). The van der Waals surface area contributed by atoms with Gasteiger partial charge in [-0.2, -0.15) is 0 Å². The van der Waals surface area contributed by atoms with Crippen LogP contribution in [0.4, 0.5) is 0 Å². The van der Waals surface area contributed by atoms with Crippen LogP contribution in [0.15, 0.2) is 9.68 Å². The predicted molar refractivity (Wildman–Crippen MR) is 61.0 cm³/mol. The third kappa shape index (κ3) is 2.67. The van der Waals surface area contributed by atoms with E-state index in [-0.39, 0.29) is 6.54 Å². The molecule has 0 aliphatic carbocycles. The molecule has 0 radical (unpaired) electrons. The molecule has 0 aliphatic rings. The summed E-state index contributed by atoms with van der Waals surface area (Å²) < 4.78 is 6.29. The fraction of sp³-hybridized carbons (Fsp3) is 0.444. The van der Waals surface area contributed by atoms with Gasteiger partial charge in [0.1, 0.15) is 12.3 Å². The van der Waals surface area contributed by atoms with Crippen LogP contribution in [0.2, 0.25) is 0 Å². The quantitative estimate of drug-likeness (QED) is 0.788. The van der Waals surface area contributed by atoms with Crippen LogP contribution < -0.4 is 0 Å². The maximum atomic E-state index is 10.6. The van der Waals surface area contributed by atoms with Crippen LogP contribution in [0.3, 0.4) is 0 Å². The van der Waals surface area contributed by atoms with Gasteiger partial charge in [0.05, 0.1) is 5.69 Å². The first kappa shape index (κ1) is 12.6. The van der Waals surface area contributed by atoms with E-state index in [0.717, 1.165) is 17.0 Å². The number of carbonyl (C=O) groups is 1. The van der Waals surface area contributed by atoms with Crippen LogP contribution in [0, 0.1) is 13.8 Å². The summed E-state index contributed by atoms with van der Waals surface area (Å²) in [6.07, 6.45) is 0. The number of hydrogen-bond donors (Lipinski definition) is 1. The number of nitrogens with zero attached hydrogens (tertiary/aromatic N) is 5. The van der Waals surface area contributed by atoms with Gasteiger partial charge >= 0.3 is 5.97 Å². The molecule has 0 unspecified atom stereocenters. The van der Waals surface area contributed by atoms with Crippen LogP contribution >= 0.6 is 11.8 Å². The van der Waals surface area contributed by atoms with Crippen molar-refractivity contribution in [2.75, 3.05) is 0 Å². The highest BCUT2D eigenvalue weighted by molar-refractivity contribution is 7.98. The Bertz CT molecular complexity index is 545. The second-order valence-corrected chi connectivity index (χ2v) is 4.55. The monoisotopic (exact) mass is 269 g/mol. The first-order valence-corrected chi connectivity index (χ1v) is 6.09. The van der Waals surface area contributed by atoms with Gasteiger partial charge in [-0.3, -0.25) is 4.79 Å². The zero-order chi connectivity index (χ0) is 13.1. The Morgan fingerprint density at radius 2 is 2.28 bits per heavy atom. The average molecular weight is 269 g/mol. The Labute approximate surface area is 106 Å². The molecule has 0 atom stereocenters. The van der Waals surface area contributed by atoms with Gasteiger partial charge in [-0.05, 0) is 24.3 Å². The van der Waals surface area contributed by atoms with Gasteiger partial charge < -0.3 is 9.63 Å². The Kier molecular flexibility index (Phi) is 3.60. The van der Waals surface area contributed by atoms with Crippen LogP contribution in [0.1, 0.15) is 17.0 Å². The summed E-state index contributed by atoms with van der Waals surface area (Å²) in [5.74, 6) is 0.347. The predicted octanol–water partition coefficient (Wildman–Crippen LogP) is 0.655. The third-order valence-electron chi connectivity index (χ3n) is 2.31. The molecule has 96 valence electrons. The van der Waals surface area contributed by atoms with E-state index < -0.39 is 5.97 Å². The molecule has 18 heavy (non-hydrogen) atoms. The normalized spacial score (nSPS) is 10.8. The number of aliphatic carboxylic acids is 1. The third-order valence-corrected chi connectivity index (χ3v) is 3.29. The van der Waals surface area contributed by atoms with Crippen molar-refractivity contribution in [2.45, 2.75) is 31.3 Å². The Morgan fingerprint density at radius 3 is 2.89 bits per heavy atom. The van der Waals surface area contributed by atoms with Gasteiger partial charge in [-0.25, -0.2) is 4.68 Å². The van der Waals surface area contributed by atoms with Crippen LogP contribution in [-0.2, 0) is 17.1 Å². The molecule has 2 heterocycles. The second-order valence-electron chi connectivity index (χ2n) is 3.60. The fourth-order valence-electron chi connectivity index (χ4n) is 1.37. The number of aromatic nitrogens is 5. The van der Waals surface area contributed by atoms with Crippen molar-refractivity contribution in [3.05, 3.63) is 17.0 Å². The van der Waals surface area contributed by atoms with Gasteiger partial charge in [0, 0.05) is 11.3 Å². The van der Waals surface area contributed by atoms with Crippen LogP contribution in [0.5, 0.6) is 0 Å². The van der Waals surface area contributed by atoms with Gasteiger partial charge in [-0.15, -0.1) is 5.10 Å². The van der Waals surface area contributed by atoms with Gasteiger partial charge in [0.2, 0.25) is 5.16 Å². The number of tetrazole rings is 1. The summed E-state index contributed by atoms with van der Waals surface area (Å²) in [6.45, 7) is 3.43. The van der Waals surface area contributed by atoms with Crippen molar-refractivity contribution in [3.8, 4) is 0 Å². The number of rotatable bonds is 5. The standard InChI is InChI=1S/C9H11N5O3S/c1-5-7(6(2)17-11-5)4-18-9-10-12-13-14(9)3-8(15)16/h3-4H2,1-2H3,(H,15,16). The van der Waals surface area contributed by atoms with E-state index in [1.807, 2.05) is 13.8 Å². The van der Waals surface area contributed by atoms with E-state index in [9.17, 15) is 4.79 Å².